The predicted octanol–water partition coefficient (Wildman–Crippen LogP) is -0.615. The van der Waals surface area contributed by atoms with E-state index < -0.39 is 6.14 Å². The fourth-order valence-electron chi connectivity index (χ4n) is 0.973. The highest BCUT2D eigenvalue weighted by atomic mass is 14.9. The molecule has 0 spiro atoms. The minimum Gasteiger partial charge on any atom is -0.306 e. The zero-order chi connectivity index (χ0) is 8.77. The Labute approximate surface area is 61.5 Å². The smallest absolute Gasteiger partial charge is 0.117 e. The van der Waals surface area contributed by atoms with Gasteiger partial charge in [0, 0.05) is 0 Å². The molecule has 1 heterocycles. The molecule has 1 aliphatic rings. The fourth-order valence-corrected chi connectivity index (χ4v) is 0.973. The van der Waals surface area contributed by atoms with Crippen molar-refractivity contribution < 1.29 is 2.74 Å². The number of hydrogen-bond donors (Lipinski definition) is 1. The molecule has 0 aromatic heterocycles. The molecule has 0 amide bonds. The van der Waals surface area contributed by atoms with Gasteiger partial charge in [-0.25, -0.2) is 0 Å². The summed E-state index contributed by atoms with van der Waals surface area (Å²) in [6.45, 7) is 0. The van der Waals surface area contributed by atoms with Crippen LogP contribution in [-0.4, -0.2) is 6.14 Å². The summed E-state index contributed by atoms with van der Waals surface area (Å²) >= 11 is 0. The van der Waals surface area contributed by atoms with Gasteiger partial charge in [-0.1, -0.05) is 18.2 Å². The summed E-state index contributed by atoms with van der Waals surface area (Å²) in [6, 6.07) is 7.21. The molecule has 0 fully saturated rings. The molecule has 2 nitrogen and oxygen atoms in total. The Balaban J connectivity index is 2.90. The summed E-state index contributed by atoms with van der Waals surface area (Å²) in [4.78, 5) is 3.88. The first-order valence-electron chi connectivity index (χ1n) is 4.06. The Bertz CT molecular complexity index is 437. The lowest BCUT2D eigenvalue weighted by molar-refractivity contribution is 0.907. The van der Waals surface area contributed by atoms with Gasteiger partial charge in [0.2, 0.25) is 0 Å². The predicted molar refractivity (Wildman–Crippen MR) is 39.7 cm³/mol. The molecular weight excluding hydrogens is 124 g/mol. The van der Waals surface area contributed by atoms with Gasteiger partial charge in [-0.2, -0.15) is 0 Å². The van der Waals surface area contributed by atoms with Crippen molar-refractivity contribution in [1.82, 2.24) is 0 Å². The molecular formula is C8H8N2. The summed E-state index contributed by atoms with van der Waals surface area (Å²) in [6.07, 6.45) is -1.58. The van der Waals surface area contributed by atoms with Crippen LogP contribution in [0.5, 0.6) is 0 Å². The van der Waals surface area contributed by atoms with Gasteiger partial charge in [0.05, 0.1) is 8.10 Å². The molecule has 0 saturated carbocycles. The van der Waals surface area contributed by atoms with E-state index in [0.29, 0.717) is 10.6 Å². The lowest BCUT2D eigenvalue weighted by Crippen LogP contribution is -2.19. The van der Waals surface area contributed by atoms with Crippen LogP contribution in [-0.2, 0) is 0 Å². The molecule has 1 aromatic rings. The van der Waals surface area contributed by atoms with Crippen LogP contribution in [0, 0.1) is 0 Å². The molecule has 1 aliphatic heterocycles. The number of rotatable bonds is 0. The third-order valence-corrected chi connectivity index (χ3v) is 1.41. The highest BCUT2D eigenvalue weighted by molar-refractivity contribution is 5.32. The molecule has 2 rings (SSSR count). The van der Waals surface area contributed by atoms with Gasteiger partial charge in [-0.3, -0.25) is 4.99 Å². The summed E-state index contributed by atoms with van der Waals surface area (Å²) < 4.78 is 15.0. The first-order chi connectivity index (χ1) is 5.61. The Hall–Kier alpha value is -1.15. The molecule has 1 aromatic carbocycles. The van der Waals surface area contributed by atoms with Crippen LogP contribution < -0.4 is 16.3 Å². The third-order valence-electron chi connectivity index (χ3n) is 1.41. The third kappa shape index (κ3) is 0.736. The monoisotopic (exact) mass is 134 g/mol. The van der Waals surface area contributed by atoms with Crippen molar-refractivity contribution in [3.8, 4) is 0 Å². The van der Waals surface area contributed by atoms with Crippen molar-refractivity contribution in [2.24, 2.45) is 10.7 Å². The van der Waals surface area contributed by atoms with Crippen molar-refractivity contribution in [3.63, 3.8) is 0 Å². The van der Waals surface area contributed by atoms with Crippen LogP contribution in [0.4, 0.5) is 0 Å². The number of nitrogens with zero attached hydrogens (tertiary/aromatic N) is 1. The first kappa shape index (κ1) is 3.88. The van der Waals surface area contributed by atoms with Crippen LogP contribution in [0.15, 0.2) is 29.3 Å². The molecule has 0 aliphatic carbocycles. The Morgan fingerprint density at radius 2 is 2.40 bits per heavy atom. The van der Waals surface area contributed by atoms with Crippen LogP contribution >= 0.6 is 0 Å². The molecule has 0 bridgehead atoms. The molecule has 1 atom stereocenters. The van der Waals surface area contributed by atoms with E-state index in [1.807, 2.05) is 12.1 Å². The van der Waals surface area contributed by atoms with Crippen molar-refractivity contribution in [2.75, 3.05) is 0 Å². The number of benzene rings is 1. The fraction of sp³-hybridized carbons (Fsp3) is 0.125. The molecule has 0 saturated heterocycles. The van der Waals surface area contributed by atoms with E-state index in [1.165, 1.54) is 0 Å². The van der Waals surface area contributed by atoms with Gasteiger partial charge < -0.3 is 5.73 Å². The minimum absolute atomic E-state index is 0.0677. The van der Waals surface area contributed by atoms with Crippen molar-refractivity contribution in [3.05, 3.63) is 34.8 Å². The second-order valence-corrected chi connectivity index (χ2v) is 2.14. The maximum Gasteiger partial charge on any atom is 0.117 e. The van der Waals surface area contributed by atoms with E-state index in [4.69, 9.17) is 8.48 Å². The molecule has 2 N–H and O–H groups in total. The van der Waals surface area contributed by atoms with E-state index in [2.05, 4.69) is 4.99 Å². The molecule has 1 unspecified atom stereocenters. The van der Waals surface area contributed by atoms with Gasteiger partial charge in [-0.15, -0.1) is 0 Å². The van der Waals surface area contributed by atoms with E-state index in [1.54, 1.807) is 12.1 Å². The van der Waals surface area contributed by atoms with Crippen LogP contribution in [0.3, 0.4) is 0 Å². The lowest BCUT2D eigenvalue weighted by atomic mass is 10.3. The topological polar surface area (TPSA) is 38.4 Å². The zero-order valence-corrected chi connectivity index (χ0v) is 5.33. The number of hydrogen-bond acceptors (Lipinski definition) is 2. The van der Waals surface area contributed by atoms with Gasteiger partial charge in [-0.05, 0) is 17.3 Å². The zero-order valence-electron chi connectivity index (χ0n) is 7.33. The largest absolute Gasteiger partial charge is 0.306 e. The van der Waals surface area contributed by atoms with Gasteiger partial charge in [0.1, 0.15) is 6.14 Å². The SMILES string of the molecule is [2H]C1=c2ccccc2=NC1([2H])N. The van der Waals surface area contributed by atoms with Gasteiger partial charge >= 0.3 is 0 Å². The number of nitrogens with two attached hydrogens (primary N) is 1. The maximum absolute atomic E-state index is 7.53. The number of fused-ring (bicyclic) bond motifs is 1. The van der Waals surface area contributed by atoms with E-state index in [-0.39, 0.29) is 6.05 Å². The average Bonchev–Trinajstić information content (AvgIpc) is 2.24. The van der Waals surface area contributed by atoms with E-state index in [0.717, 1.165) is 0 Å². The van der Waals surface area contributed by atoms with Gasteiger partial charge in [0.25, 0.3) is 0 Å². The first-order valence-corrected chi connectivity index (χ1v) is 3.06. The van der Waals surface area contributed by atoms with Crippen LogP contribution in [0.25, 0.3) is 6.05 Å². The molecule has 2 heteroatoms. The second-order valence-electron chi connectivity index (χ2n) is 2.14. The quantitative estimate of drug-likeness (QED) is 0.505. The highest BCUT2D eigenvalue weighted by Crippen LogP contribution is 1.85. The summed E-state index contributed by atoms with van der Waals surface area (Å²) in [5, 5.41) is 1.30. The van der Waals surface area contributed by atoms with E-state index in [9.17, 15) is 0 Å². The average molecular weight is 134 g/mol. The standard InChI is InChI=1S/C8H8N2/c9-8-5-6-3-1-2-4-7(6)10-8/h1-5,8H,9H2/i5D,8D. The Morgan fingerprint density at radius 1 is 1.60 bits per heavy atom. The van der Waals surface area contributed by atoms with Gasteiger partial charge in [0.15, 0.2) is 0 Å². The van der Waals surface area contributed by atoms with E-state index >= 15 is 0 Å². The Morgan fingerprint density at radius 3 is 3.20 bits per heavy atom. The summed E-state index contributed by atoms with van der Waals surface area (Å²) in [7, 11) is 0. The molecule has 10 heavy (non-hydrogen) atoms. The Kier molecular flexibility index (Phi) is 0.746. The highest BCUT2D eigenvalue weighted by Gasteiger charge is 1.99. The van der Waals surface area contributed by atoms with Crippen molar-refractivity contribution >= 4 is 6.05 Å². The van der Waals surface area contributed by atoms with Crippen molar-refractivity contribution in [2.45, 2.75) is 6.14 Å². The normalized spacial score (nSPS) is 32.3. The molecule has 0 radical (unpaired) electrons. The minimum atomic E-state index is -1.58. The second kappa shape index (κ2) is 1.92. The van der Waals surface area contributed by atoms with Crippen LogP contribution in [0.1, 0.15) is 2.74 Å². The summed E-state index contributed by atoms with van der Waals surface area (Å²) in [5.74, 6) is 0. The summed E-state index contributed by atoms with van der Waals surface area (Å²) in [5.41, 5.74) is 5.45. The number of para-hydroxylation sites is 1. The van der Waals surface area contributed by atoms with Crippen molar-refractivity contribution in [1.29, 1.82) is 0 Å². The molecule has 50 valence electrons. The lowest BCUT2D eigenvalue weighted by Gasteiger charge is -1.87. The maximum atomic E-state index is 7.53. The van der Waals surface area contributed by atoms with Crippen LogP contribution in [0.2, 0.25) is 0 Å².